The molecule has 0 bridgehead atoms. The summed E-state index contributed by atoms with van der Waals surface area (Å²) in [5.41, 5.74) is 6.99. The van der Waals surface area contributed by atoms with Crippen LogP contribution in [0.3, 0.4) is 0 Å². The summed E-state index contributed by atoms with van der Waals surface area (Å²) in [5.74, 6) is 0.129. The smallest absolute Gasteiger partial charge is 0.465 e. The fourth-order valence-electron chi connectivity index (χ4n) is 8.72. The van der Waals surface area contributed by atoms with Crippen LogP contribution in [0.2, 0.25) is 0 Å². The Labute approximate surface area is 371 Å². The van der Waals surface area contributed by atoms with E-state index in [-0.39, 0.29) is 11.9 Å². The number of nitrogens with zero attached hydrogens (tertiary/aromatic N) is 6. The molecule has 8 aromatic rings. The Bertz CT molecular complexity index is 2740. The topological polar surface area (TPSA) is 132 Å². The van der Waals surface area contributed by atoms with Gasteiger partial charge in [-0.15, -0.1) is 5.10 Å². The predicted octanol–water partition coefficient (Wildman–Crippen LogP) is 10.4. The number of tetrazole rings is 1. The highest BCUT2D eigenvalue weighted by atomic mass is 16.7. The minimum atomic E-state index is -1.19. The number of para-hydroxylation sites is 1. The molecule has 9 rings (SSSR count). The molecule has 0 aliphatic heterocycles. The third-order valence-corrected chi connectivity index (χ3v) is 11.7. The zero-order valence-corrected chi connectivity index (χ0v) is 35.7. The normalized spacial score (nSPS) is 13.6. The molecule has 1 saturated carbocycles. The second-order valence-electron chi connectivity index (χ2n) is 15.8. The average Bonchev–Trinajstić information content (AvgIpc) is 3.96. The zero-order chi connectivity index (χ0) is 43.9. The van der Waals surface area contributed by atoms with Gasteiger partial charge in [-0.2, -0.15) is 4.98 Å². The van der Waals surface area contributed by atoms with Crippen LogP contribution in [0.1, 0.15) is 68.2 Å². The summed E-state index contributed by atoms with van der Waals surface area (Å²) < 4.78 is 26.5. The van der Waals surface area contributed by atoms with Crippen molar-refractivity contribution >= 4 is 23.2 Å². The molecule has 1 unspecified atom stereocenters. The molecule has 12 heteroatoms. The summed E-state index contributed by atoms with van der Waals surface area (Å²) in [7, 11) is 0. The van der Waals surface area contributed by atoms with Gasteiger partial charge in [0.05, 0.1) is 18.7 Å². The SMILES string of the molecule is CCOc1nc2cccc(OC(=O)C(C)OC(=O)OC3CCCCC3)c2n1Cc1ccc(-c2ccccc2-c2nnnn2C(c2ccccc2)(c2ccccc2)c2ccccc2)cc1. The van der Waals surface area contributed by atoms with Crippen molar-refractivity contribution in [2.24, 2.45) is 0 Å². The molecule has 12 nitrogen and oxygen atoms in total. The van der Waals surface area contributed by atoms with Crippen molar-refractivity contribution in [3.05, 3.63) is 180 Å². The molecule has 1 atom stereocenters. The number of hydrogen-bond acceptors (Lipinski definition) is 10. The van der Waals surface area contributed by atoms with Gasteiger partial charge in [-0.05, 0) is 95.5 Å². The highest BCUT2D eigenvalue weighted by Gasteiger charge is 2.42. The van der Waals surface area contributed by atoms with Crippen LogP contribution in [0.25, 0.3) is 33.5 Å². The fourth-order valence-corrected chi connectivity index (χ4v) is 8.72. The monoisotopic (exact) mass is 852 g/mol. The summed E-state index contributed by atoms with van der Waals surface area (Å²) in [6, 6.07) is 53.1. The molecule has 1 fully saturated rings. The van der Waals surface area contributed by atoms with Crippen LogP contribution in [0.15, 0.2) is 158 Å². The van der Waals surface area contributed by atoms with Gasteiger partial charge >= 0.3 is 12.1 Å². The van der Waals surface area contributed by atoms with E-state index in [1.807, 2.05) is 89.0 Å². The van der Waals surface area contributed by atoms with E-state index in [0.29, 0.717) is 36.0 Å². The molecule has 6 aromatic carbocycles. The third-order valence-electron chi connectivity index (χ3n) is 11.7. The molecule has 0 saturated heterocycles. The number of hydrogen-bond donors (Lipinski definition) is 0. The molecular weight excluding hydrogens is 805 g/mol. The quantitative estimate of drug-likeness (QED) is 0.0591. The number of imidazole rings is 1. The number of aromatic nitrogens is 6. The fraction of sp³-hybridized carbons (Fsp3) is 0.231. The van der Waals surface area contributed by atoms with Gasteiger partial charge in [-0.3, -0.25) is 4.57 Å². The Kier molecular flexibility index (Phi) is 12.3. The molecule has 0 radical (unpaired) electrons. The molecule has 2 aromatic heterocycles. The van der Waals surface area contributed by atoms with Crippen LogP contribution in [-0.4, -0.2) is 60.7 Å². The van der Waals surface area contributed by atoms with E-state index >= 15 is 0 Å². The molecule has 0 amide bonds. The highest BCUT2D eigenvalue weighted by Crippen LogP contribution is 2.43. The molecule has 1 aliphatic carbocycles. The van der Waals surface area contributed by atoms with Crippen LogP contribution in [0.5, 0.6) is 11.8 Å². The lowest BCUT2D eigenvalue weighted by molar-refractivity contribution is -0.144. The van der Waals surface area contributed by atoms with Crippen molar-refractivity contribution in [2.75, 3.05) is 6.61 Å². The number of carbonyl (C=O) groups excluding carboxylic acids is 2. The molecule has 0 spiro atoms. The van der Waals surface area contributed by atoms with Crippen molar-refractivity contribution in [3.63, 3.8) is 0 Å². The first-order chi connectivity index (χ1) is 31.4. The maximum absolute atomic E-state index is 13.3. The minimum Gasteiger partial charge on any atom is -0.465 e. The number of benzene rings is 6. The number of fused-ring (bicyclic) bond motifs is 1. The van der Waals surface area contributed by atoms with Gasteiger partial charge in [0.2, 0.25) is 0 Å². The Morgan fingerprint density at radius 3 is 1.95 bits per heavy atom. The summed E-state index contributed by atoms with van der Waals surface area (Å²) in [6.45, 7) is 4.10. The van der Waals surface area contributed by atoms with E-state index in [1.165, 1.54) is 6.92 Å². The third kappa shape index (κ3) is 8.34. The van der Waals surface area contributed by atoms with Crippen molar-refractivity contribution < 1.29 is 28.5 Å². The number of esters is 1. The lowest BCUT2D eigenvalue weighted by Crippen LogP contribution is -2.39. The first-order valence-electron chi connectivity index (χ1n) is 21.8. The second-order valence-corrected chi connectivity index (χ2v) is 15.8. The van der Waals surface area contributed by atoms with E-state index in [1.54, 1.807) is 12.1 Å². The van der Waals surface area contributed by atoms with E-state index in [4.69, 9.17) is 34.2 Å². The number of carbonyl (C=O) groups is 2. The van der Waals surface area contributed by atoms with Gasteiger partial charge in [-0.1, -0.05) is 152 Å². The van der Waals surface area contributed by atoms with Crippen molar-refractivity contribution in [3.8, 4) is 34.3 Å². The zero-order valence-electron chi connectivity index (χ0n) is 35.7. The molecule has 0 N–H and O–H groups in total. The summed E-state index contributed by atoms with van der Waals surface area (Å²) in [6.07, 6.45) is 2.44. The summed E-state index contributed by atoms with van der Waals surface area (Å²) >= 11 is 0. The van der Waals surface area contributed by atoms with Crippen LogP contribution in [0, 0.1) is 0 Å². The Morgan fingerprint density at radius 1 is 0.719 bits per heavy atom. The van der Waals surface area contributed by atoms with Gasteiger partial charge in [0.1, 0.15) is 17.2 Å². The van der Waals surface area contributed by atoms with E-state index in [9.17, 15) is 9.59 Å². The maximum Gasteiger partial charge on any atom is 0.509 e. The Balaban J connectivity index is 1.03. The number of rotatable bonds is 14. The second kappa shape index (κ2) is 18.8. The van der Waals surface area contributed by atoms with Crippen LogP contribution < -0.4 is 9.47 Å². The van der Waals surface area contributed by atoms with Gasteiger partial charge in [0, 0.05) is 5.56 Å². The first kappa shape index (κ1) is 41.7. The lowest BCUT2D eigenvalue weighted by atomic mass is 9.77. The van der Waals surface area contributed by atoms with Crippen molar-refractivity contribution in [1.82, 2.24) is 29.8 Å². The van der Waals surface area contributed by atoms with Crippen LogP contribution >= 0.6 is 0 Å². The van der Waals surface area contributed by atoms with Crippen LogP contribution in [-0.2, 0) is 26.4 Å². The standard InChI is InChI=1S/C52H48N6O6/c1-3-61-50-53-45-29-18-30-46(64-49(59)36(2)62-51(60)63-42-25-14-7-15-26-42)47(45)57(50)35-37-31-33-38(34-32-37)43-27-16-17-28-44(43)48-54-55-56-58(48)52(39-19-8-4-9-20-39,40-21-10-5-11-22-40)41-23-12-6-13-24-41/h4-6,8-13,16-24,27-34,36,42H,3,7,14-15,25-26,35H2,1-2H3. The maximum atomic E-state index is 13.3. The molecule has 64 heavy (non-hydrogen) atoms. The summed E-state index contributed by atoms with van der Waals surface area (Å²) in [5, 5.41) is 13.8. The molecular formula is C52H48N6O6. The van der Waals surface area contributed by atoms with E-state index in [0.717, 1.165) is 71.0 Å². The van der Waals surface area contributed by atoms with Gasteiger partial charge in [0.25, 0.3) is 6.01 Å². The van der Waals surface area contributed by atoms with Crippen molar-refractivity contribution in [2.45, 2.75) is 70.2 Å². The van der Waals surface area contributed by atoms with Gasteiger partial charge in [0.15, 0.2) is 17.7 Å². The summed E-state index contributed by atoms with van der Waals surface area (Å²) in [4.78, 5) is 30.6. The largest absolute Gasteiger partial charge is 0.509 e. The van der Waals surface area contributed by atoms with Crippen LogP contribution in [0.4, 0.5) is 4.79 Å². The average molecular weight is 853 g/mol. The molecule has 2 heterocycles. The van der Waals surface area contributed by atoms with E-state index < -0.39 is 23.8 Å². The minimum absolute atomic E-state index is 0.197. The Morgan fingerprint density at radius 2 is 1.33 bits per heavy atom. The molecule has 1 aliphatic rings. The van der Waals surface area contributed by atoms with Gasteiger partial charge in [-0.25, -0.2) is 14.3 Å². The molecule has 322 valence electrons. The highest BCUT2D eigenvalue weighted by molar-refractivity contribution is 5.88. The number of ether oxygens (including phenoxy) is 4. The van der Waals surface area contributed by atoms with Crippen molar-refractivity contribution in [1.29, 1.82) is 0 Å². The van der Waals surface area contributed by atoms with E-state index in [2.05, 4.69) is 78.0 Å². The van der Waals surface area contributed by atoms with Gasteiger partial charge < -0.3 is 18.9 Å². The first-order valence-corrected chi connectivity index (χ1v) is 21.8. The predicted molar refractivity (Wildman–Crippen MR) is 243 cm³/mol. The Hall–Kier alpha value is -7.60. The lowest BCUT2D eigenvalue weighted by Gasteiger charge is -2.36.